The van der Waals surface area contributed by atoms with Crippen molar-refractivity contribution >= 4 is 44.8 Å². The quantitative estimate of drug-likeness (QED) is 0.830. The fourth-order valence-electron chi connectivity index (χ4n) is 1.96. The third-order valence-corrected chi connectivity index (χ3v) is 4.71. The Balaban J connectivity index is 2.09. The second-order valence-electron chi connectivity index (χ2n) is 4.49. The maximum atomic E-state index is 12.4. The SMILES string of the molecule is CCN(Cc1ccc(Br)s1)C(=O)C1=NN(C)C(=O)CC1. The Labute approximate surface area is 130 Å². The van der Waals surface area contributed by atoms with Crippen LogP contribution in [0.1, 0.15) is 24.6 Å². The van der Waals surface area contributed by atoms with Gasteiger partial charge in [0.15, 0.2) is 0 Å². The molecule has 5 nitrogen and oxygen atoms in total. The number of amides is 2. The van der Waals surface area contributed by atoms with E-state index in [1.165, 1.54) is 5.01 Å². The maximum Gasteiger partial charge on any atom is 0.270 e. The van der Waals surface area contributed by atoms with Crippen molar-refractivity contribution in [3.8, 4) is 0 Å². The molecule has 0 unspecified atom stereocenters. The van der Waals surface area contributed by atoms with Crippen molar-refractivity contribution < 1.29 is 9.59 Å². The van der Waals surface area contributed by atoms with Gasteiger partial charge in [0, 0.05) is 31.3 Å². The lowest BCUT2D eigenvalue weighted by atomic mass is 10.1. The number of carbonyl (C=O) groups is 2. The van der Waals surface area contributed by atoms with Crippen LogP contribution in [-0.4, -0.2) is 41.0 Å². The minimum atomic E-state index is -0.0867. The van der Waals surface area contributed by atoms with Crippen molar-refractivity contribution in [2.75, 3.05) is 13.6 Å². The van der Waals surface area contributed by atoms with E-state index in [4.69, 9.17) is 0 Å². The maximum absolute atomic E-state index is 12.4. The van der Waals surface area contributed by atoms with Crippen LogP contribution in [-0.2, 0) is 16.1 Å². The smallest absolute Gasteiger partial charge is 0.270 e. The van der Waals surface area contributed by atoms with Gasteiger partial charge in [-0.15, -0.1) is 11.3 Å². The molecule has 7 heteroatoms. The molecule has 0 spiro atoms. The van der Waals surface area contributed by atoms with Crippen molar-refractivity contribution in [3.05, 3.63) is 20.8 Å². The fraction of sp³-hybridized carbons (Fsp3) is 0.462. The molecule has 1 aromatic rings. The number of rotatable bonds is 4. The number of hydrogen-bond donors (Lipinski definition) is 0. The van der Waals surface area contributed by atoms with E-state index in [9.17, 15) is 9.59 Å². The molecule has 0 saturated heterocycles. The van der Waals surface area contributed by atoms with Crippen LogP contribution >= 0.6 is 27.3 Å². The van der Waals surface area contributed by atoms with Gasteiger partial charge in [0.25, 0.3) is 5.91 Å². The summed E-state index contributed by atoms with van der Waals surface area (Å²) >= 11 is 5.03. The Bertz CT molecular complexity index is 556. The number of thiophene rings is 1. The first-order chi connectivity index (χ1) is 9.51. The van der Waals surface area contributed by atoms with Crippen molar-refractivity contribution in [2.24, 2.45) is 5.10 Å². The minimum Gasteiger partial charge on any atom is -0.333 e. The molecule has 0 bridgehead atoms. The van der Waals surface area contributed by atoms with Gasteiger partial charge in [0.1, 0.15) is 5.71 Å². The molecule has 0 N–H and O–H groups in total. The highest BCUT2D eigenvalue weighted by Crippen LogP contribution is 2.23. The Morgan fingerprint density at radius 2 is 2.25 bits per heavy atom. The largest absolute Gasteiger partial charge is 0.333 e. The number of carbonyl (C=O) groups excluding carboxylic acids is 2. The topological polar surface area (TPSA) is 53.0 Å². The molecule has 2 rings (SSSR count). The van der Waals surface area contributed by atoms with Crippen molar-refractivity contribution in [1.29, 1.82) is 0 Å². The van der Waals surface area contributed by atoms with Gasteiger partial charge in [-0.1, -0.05) is 0 Å². The molecule has 0 saturated carbocycles. The van der Waals surface area contributed by atoms with Crippen LogP contribution in [0.2, 0.25) is 0 Å². The van der Waals surface area contributed by atoms with Crippen molar-refractivity contribution in [1.82, 2.24) is 9.91 Å². The lowest BCUT2D eigenvalue weighted by Crippen LogP contribution is -2.40. The van der Waals surface area contributed by atoms with Gasteiger partial charge in [0.05, 0.1) is 10.3 Å². The molecule has 2 amide bonds. The summed E-state index contributed by atoms with van der Waals surface area (Å²) in [5.74, 6) is -0.136. The Morgan fingerprint density at radius 3 is 2.80 bits per heavy atom. The predicted molar refractivity (Wildman–Crippen MR) is 82.5 cm³/mol. The molecule has 2 heterocycles. The molecule has 0 radical (unpaired) electrons. The molecule has 108 valence electrons. The van der Waals surface area contributed by atoms with Gasteiger partial charge in [0.2, 0.25) is 5.91 Å². The average Bonchev–Trinajstić information content (AvgIpc) is 2.84. The Hall–Kier alpha value is -1.21. The zero-order valence-corrected chi connectivity index (χ0v) is 13.8. The third kappa shape index (κ3) is 3.46. The fourth-order valence-corrected chi connectivity index (χ4v) is 3.46. The van der Waals surface area contributed by atoms with E-state index in [1.807, 2.05) is 19.1 Å². The summed E-state index contributed by atoms with van der Waals surface area (Å²) in [7, 11) is 1.58. The molecule has 0 aromatic carbocycles. The van der Waals surface area contributed by atoms with E-state index in [-0.39, 0.29) is 11.8 Å². The van der Waals surface area contributed by atoms with E-state index in [0.717, 1.165) is 8.66 Å². The lowest BCUT2D eigenvalue weighted by Gasteiger charge is -2.24. The number of hydrogen-bond acceptors (Lipinski definition) is 4. The summed E-state index contributed by atoms with van der Waals surface area (Å²) in [6.45, 7) is 3.13. The third-order valence-electron chi connectivity index (χ3n) is 3.10. The van der Waals surface area contributed by atoms with Crippen LogP contribution in [0.15, 0.2) is 21.0 Å². The van der Waals surface area contributed by atoms with Crippen molar-refractivity contribution in [2.45, 2.75) is 26.3 Å². The van der Waals surface area contributed by atoms with E-state index < -0.39 is 0 Å². The second kappa shape index (κ2) is 6.49. The number of hydrazone groups is 1. The molecule has 1 aliphatic heterocycles. The van der Waals surface area contributed by atoms with Gasteiger partial charge >= 0.3 is 0 Å². The van der Waals surface area contributed by atoms with Gasteiger partial charge < -0.3 is 4.90 Å². The highest BCUT2D eigenvalue weighted by atomic mass is 79.9. The lowest BCUT2D eigenvalue weighted by molar-refractivity contribution is -0.130. The second-order valence-corrected chi connectivity index (χ2v) is 7.04. The number of nitrogens with zero attached hydrogens (tertiary/aromatic N) is 3. The van der Waals surface area contributed by atoms with Crippen LogP contribution in [0.3, 0.4) is 0 Å². The molecular formula is C13H16BrN3O2S. The summed E-state index contributed by atoms with van der Waals surface area (Å²) < 4.78 is 1.05. The van der Waals surface area contributed by atoms with E-state index in [1.54, 1.807) is 23.3 Å². The first kappa shape index (κ1) is 15.2. The molecule has 1 aromatic heterocycles. The van der Waals surface area contributed by atoms with Crippen molar-refractivity contribution in [3.63, 3.8) is 0 Å². The highest BCUT2D eigenvalue weighted by molar-refractivity contribution is 9.11. The van der Waals surface area contributed by atoms with Crippen LogP contribution in [0.4, 0.5) is 0 Å². The molecule has 20 heavy (non-hydrogen) atoms. The Morgan fingerprint density at radius 1 is 1.50 bits per heavy atom. The molecular weight excluding hydrogens is 342 g/mol. The summed E-state index contributed by atoms with van der Waals surface area (Å²) in [6.07, 6.45) is 0.774. The van der Waals surface area contributed by atoms with Gasteiger partial charge in [-0.2, -0.15) is 5.10 Å². The predicted octanol–water partition coefficient (Wildman–Crippen LogP) is 2.47. The summed E-state index contributed by atoms with van der Waals surface area (Å²) in [5.41, 5.74) is 0.463. The van der Waals surface area contributed by atoms with Crippen LogP contribution < -0.4 is 0 Å². The number of halogens is 1. The zero-order chi connectivity index (χ0) is 14.7. The molecule has 0 fully saturated rings. The summed E-state index contributed by atoms with van der Waals surface area (Å²) in [4.78, 5) is 26.7. The monoisotopic (exact) mass is 357 g/mol. The minimum absolute atomic E-state index is 0.0493. The van der Waals surface area contributed by atoms with Gasteiger partial charge in [-0.3, -0.25) is 9.59 Å². The molecule has 0 atom stereocenters. The van der Waals surface area contributed by atoms with Gasteiger partial charge in [-0.25, -0.2) is 5.01 Å². The summed E-state index contributed by atoms with van der Waals surface area (Å²) in [6, 6.07) is 3.98. The standard InChI is InChI=1S/C13H16BrN3O2S/c1-3-17(8-9-4-6-11(14)20-9)13(19)10-5-7-12(18)16(2)15-10/h4,6H,3,5,7-8H2,1-2H3. The van der Waals surface area contributed by atoms with Crippen LogP contribution in [0.5, 0.6) is 0 Å². The van der Waals surface area contributed by atoms with E-state index in [0.29, 0.717) is 31.6 Å². The summed E-state index contributed by atoms with van der Waals surface area (Å²) in [5, 5.41) is 5.34. The first-order valence-electron chi connectivity index (χ1n) is 6.38. The highest BCUT2D eigenvalue weighted by Gasteiger charge is 2.25. The normalized spacial score (nSPS) is 15.2. The van der Waals surface area contributed by atoms with Crippen LogP contribution in [0.25, 0.3) is 0 Å². The van der Waals surface area contributed by atoms with Crippen LogP contribution in [0, 0.1) is 0 Å². The van der Waals surface area contributed by atoms with E-state index in [2.05, 4.69) is 21.0 Å². The zero-order valence-electron chi connectivity index (χ0n) is 11.4. The van der Waals surface area contributed by atoms with E-state index >= 15 is 0 Å². The average molecular weight is 358 g/mol. The molecule has 0 aliphatic carbocycles. The molecule has 1 aliphatic rings. The Kier molecular flexibility index (Phi) is 4.93. The first-order valence-corrected chi connectivity index (χ1v) is 7.99. The van der Waals surface area contributed by atoms with Gasteiger partial charge in [-0.05, 0) is 35.0 Å².